The number of benzene rings is 3. The number of likely N-dealkylation sites (tertiary alicyclic amines) is 1. The molecular formula is C28H30N2O3. The molecule has 2 N–H and O–H groups in total. The van der Waals surface area contributed by atoms with Crippen molar-refractivity contribution in [2.75, 3.05) is 20.2 Å². The van der Waals surface area contributed by atoms with Crippen molar-refractivity contribution in [2.24, 2.45) is 11.1 Å². The molecule has 0 atom stereocenters. The van der Waals surface area contributed by atoms with E-state index in [0.717, 1.165) is 22.3 Å². The maximum Gasteiger partial charge on any atom is 0.227 e. The lowest BCUT2D eigenvalue weighted by molar-refractivity contribution is -0.138. The molecule has 3 aromatic rings. The van der Waals surface area contributed by atoms with Crippen LogP contribution in [0, 0.1) is 5.41 Å². The highest BCUT2D eigenvalue weighted by molar-refractivity contribution is 5.83. The second-order valence-electron chi connectivity index (χ2n) is 8.71. The number of ether oxygens (including phenoxy) is 1. The molecule has 4 rings (SSSR count). The first-order valence-electron chi connectivity index (χ1n) is 11.4. The fourth-order valence-corrected chi connectivity index (χ4v) is 4.76. The molecule has 1 aliphatic heterocycles. The second kappa shape index (κ2) is 9.90. The summed E-state index contributed by atoms with van der Waals surface area (Å²) in [7, 11) is 1.61. The minimum absolute atomic E-state index is 0.0438. The summed E-state index contributed by atoms with van der Waals surface area (Å²) in [6.45, 7) is 1.04. The molecule has 3 aromatic carbocycles. The van der Waals surface area contributed by atoms with E-state index in [0.29, 0.717) is 38.1 Å². The van der Waals surface area contributed by atoms with Crippen LogP contribution in [0.25, 0.3) is 11.1 Å². The van der Waals surface area contributed by atoms with Crippen LogP contribution in [0.15, 0.2) is 78.9 Å². The molecule has 5 nitrogen and oxygen atoms in total. The second-order valence-corrected chi connectivity index (χ2v) is 8.71. The van der Waals surface area contributed by atoms with Crippen molar-refractivity contribution in [1.29, 1.82) is 0 Å². The minimum Gasteiger partial charge on any atom is -0.496 e. The van der Waals surface area contributed by atoms with Gasteiger partial charge in [0.15, 0.2) is 0 Å². The first kappa shape index (κ1) is 22.6. The van der Waals surface area contributed by atoms with Crippen molar-refractivity contribution in [1.82, 2.24) is 4.90 Å². The fourth-order valence-electron chi connectivity index (χ4n) is 4.76. The highest BCUT2D eigenvalue weighted by atomic mass is 16.5. The van der Waals surface area contributed by atoms with Gasteiger partial charge in [-0.25, -0.2) is 0 Å². The van der Waals surface area contributed by atoms with Gasteiger partial charge in [0.2, 0.25) is 11.8 Å². The average molecular weight is 443 g/mol. The lowest BCUT2D eigenvalue weighted by Gasteiger charge is -2.40. The van der Waals surface area contributed by atoms with Crippen molar-refractivity contribution in [2.45, 2.75) is 25.7 Å². The Morgan fingerprint density at radius 2 is 1.48 bits per heavy atom. The summed E-state index contributed by atoms with van der Waals surface area (Å²) in [6.07, 6.45) is 1.97. The number of nitrogens with zero attached hydrogens (tertiary/aromatic N) is 1. The third-order valence-corrected chi connectivity index (χ3v) is 6.76. The van der Waals surface area contributed by atoms with Gasteiger partial charge in [-0.1, -0.05) is 72.8 Å². The molecule has 0 bridgehead atoms. The van der Waals surface area contributed by atoms with Crippen molar-refractivity contribution < 1.29 is 14.3 Å². The molecule has 0 aromatic heterocycles. The van der Waals surface area contributed by atoms with Crippen LogP contribution in [0.4, 0.5) is 0 Å². The lowest BCUT2D eigenvalue weighted by atomic mass is 9.72. The van der Waals surface area contributed by atoms with Gasteiger partial charge in [0.05, 0.1) is 18.9 Å². The van der Waals surface area contributed by atoms with Gasteiger partial charge in [0.25, 0.3) is 0 Å². The van der Waals surface area contributed by atoms with E-state index in [9.17, 15) is 9.59 Å². The summed E-state index contributed by atoms with van der Waals surface area (Å²) in [5, 5.41) is 0. The number of carbonyl (C=O) groups excluding carboxylic acids is 2. The zero-order valence-corrected chi connectivity index (χ0v) is 19.0. The number of amides is 2. The van der Waals surface area contributed by atoms with Gasteiger partial charge in [-0.05, 0) is 42.0 Å². The summed E-state index contributed by atoms with van der Waals surface area (Å²) < 4.78 is 5.38. The maximum absolute atomic E-state index is 13.0. The molecule has 0 spiro atoms. The van der Waals surface area contributed by atoms with E-state index in [1.54, 1.807) is 7.11 Å². The topological polar surface area (TPSA) is 72.6 Å². The zero-order chi connectivity index (χ0) is 23.3. The van der Waals surface area contributed by atoms with Gasteiger partial charge >= 0.3 is 0 Å². The normalized spacial score (nSPS) is 15.1. The number of nitrogens with two attached hydrogens (primary N) is 1. The molecule has 0 saturated carbocycles. The molecular weight excluding hydrogens is 412 g/mol. The van der Waals surface area contributed by atoms with Gasteiger partial charge in [-0.15, -0.1) is 0 Å². The maximum atomic E-state index is 13.0. The van der Waals surface area contributed by atoms with Crippen LogP contribution in [-0.2, 0) is 22.4 Å². The van der Waals surface area contributed by atoms with Gasteiger partial charge < -0.3 is 15.4 Å². The number of para-hydroxylation sites is 1. The van der Waals surface area contributed by atoms with Crippen molar-refractivity contribution in [3.63, 3.8) is 0 Å². The minimum atomic E-state index is -0.661. The highest BCUT2D eigenvalue weighted by Crippen LogP contribution is 2.38. The molecule has 1 heterocycles. The Bertz CT molecular complexity index is 1120. The predicted molar refractivity (Wildman–Crippen MR) is 130 cm³/mol. The van der Waals surface area contributed by atoms with Gasteiger partial charge in [-0.2, -0.15) is 0 Å². The van der Waals surface area contributed by atoms with Gasteiger partial charge in [-0.3, -0.25) is 9.59 Å². The van der Waals surface area contributed by atoms with Crippen LogP contribution < -0.4 is 10.5 Å². The van der Waals surface area contributed by atoms with Crippen molar-refractivity contribution >= 4 is 11.8 Å². The van der Waals surface area contributed by atoms with Gasteiger partial charge in [0.1, 0.15) is 5.75 Å². The van der Waals surface area contributed by atoms with E-state index in [1.165, 1.54) is 0 Å². The molecule has 33 heavy (non-hydrogen) atoms. The Labute approximate surface area is 195 Å². The Kier molecular flexibility index (Phi) is 6.78. The highest BCUT2D eigenvalue weighted by Gasteiger charge is 2.41. The monoisotopic (exact) mass is 442 g/mol. The van der Waals surface area contributed by atoms with Crippen LogP contribution >= 0.6 is 0 Å². The number of piperidine rings is 1. The fraction of sp³-hybridized carbons (Fsp3) is 0.286. The Morgan fingerprint density at radius 3 is 2.15 bits per heavy atom. The summed E-state index contributed by atoms with van der Waals surface area (Å²) in [5.74, 6) is 0.469. The summed E-state index contributed by atoms with van der Waals surface area (Å²) >= 11 is 0. The molecule has 1 saturated heterocycles. The van der Waals surface area contributed by atoms with Crippen molar-refractivity contribution in [3.05, 3.63) is 90.0 Å². The quantitative estimate of drug-likeness (QED) is 0.595. The number of carbonyl (C=O) groups is 2. The van der Waals surface area contributed by atoms with E-state index in [2.05, 4.69) is 24.3 Å². The Balaban J connectivity index is 1.49. The van der Waals surface area contributed by atoms with E-state index in [1.807, 2.05) is 59.5 Å². The summed E-state index contributed by atoms with van der Waals surface area (Å²) in [6, 6.07) is 25.9. The molecule has 2 amide bonds. The van der Waals surface area contributed by atoms with Crippen LogP contribution in [-0.4, -0.2) is 36.9 Å². The first-order chi connectivity index (χ1) is 16.0. The number of hydrogen-bond acceptors (Lipinski definition) is 3. The zero-order valence-electron chi connectivity index (χ0n) is 19.0. The third kappa shape index (κ3) is 4.92. The van der Waals surface area contributed by atoms with E-state index < -0.39 is 5.41 Å². The van der Waals surface area contributed by atoms with Crippen molar-refractivity contribution in [3.8, 4) is 16.9 Å². The van der Waals surface area contributed by atoms with Crippen LogP contribution in [0.2, 0.25) is 0 Å². The van der Waals surface area contributed by atoms with Crippen LogP contribution in [0.5, 0.6) is 5.75 Å². The standard InChI is InChI=1S/C28H30N2O3/c1-33-25-14-8-6-11-22(25)19-26(31)30-17-15-28(16-18-30,27(29)32)20-23-12-5-7-13-24(23)21-9-3-2-4-10-21/h2-14H,15-20H2,1H3,(H2,29,32). The van der Waals surface area contributed by atoms with Crippen LogP contribution in [0.3, 0.4) is 0 Å². The van der Waals surface area contributed by atoms with E-state index in [4.69, 9.17) is 10.5 Å². The number of hydrogen-bond donors (Lipinski definition) is 1. The third-order valence-electron chi connectivity index (χ3n) is 6.76. The molecule has 0 aliphatic carbocycles. The molecule has 0 radical (unpaired) electrons. The van der Waals surface area contributed by atoms with Gasteiger partial charge in [0, 0.05) is 18.7 Å². The number of methoxy groups -OCH3 is 1. The summed E-state index contributed by atoms with van der Waals surface area (Å²) in [4.78, 5) is 27.5. The Hall–Kier alpha value is -3.60. The summed E-state index contributed by atoms with van der Waals surface area (Å²) in [5.41, 5.74) is 9.52. The first-order valence-corrected chi connectivity index (χ1v) is 11.4. The molecule has 1 aliphatic rings. The molecule has 0 unspecified atom stereocenters. The predicted octanol–water partition coefficient (Wildman–Crippen LogP) is 4.24. The lowest BCUT2D eigenvalue weighted by Crippen LogP contribution is -2.50. The smallest absolute Gasteiger partial charge is 0.227 e. The number of primary amides is 1. The number of rotatable bonds is 7. The molecule has 1 fully saturated rings. The molecule has 5 heteroatoms. The van der Waals surface area contributed by atoms with E-state index >= 15 is 0 Å². The van der Waals surface area contributed by atoms with Crippen LogP contribution in [0.1, 0.15) is 24.0 Å². The Morgan fingerprint density at radius 1 is 0.879 bits per heavy atom. The largest absolute Gasteiger partial charge is 0.496 e. The SMILES string of the molecule is COc1ccccc1CC(=O)N1CCC(Cc2ccccc2-c2ccccc2)(C(N)=O)CC1. The van der Waals surface area contributed by atoms with E-state index in [-0.39, 0.29) is 18.2 Å². The molecule has 170 valence electrons. The average Bonchev–Trinajstić information content (AvgIpc) is 2.85.